The molecular formula is C10H14O2. The van der Waals surface area contributed by atoms with E-state index in [9.17, 15) is 0 Å². The van der Waals surface area contributed by atoms with Crippen LogP contribution in [0.15, 0.2) is 24.3 Å². The number of hydrogen-bond acceptors (Lipinski definition) is 2. The minimum Gasteiger partial charge on any atom is -0.508 e. The van der Waals surface area contributed by atoms with E-state index in [1.165, 1.54) is 0 Å². The van der Waals surface area contributed by atoms with Crippen LogP contribution in [-0.2, 0) is 6.42 Å². The Morgan fingerprint density at radius 3 is 2.75 bits per heavy atom. The molecule has 0 bridgehead atoms. The third-order valence-corrected chi connectivity index (χ3v) is 1.81. The van der Waals surface area contributed by atoms with Gasteiger partial charge in [0.05, 0.1) is 0 Å². The van der Waals surface area contributed by atoms with Gasteiger partial charge in [-0.2, -0.15) is 0 Å². The highest BCUT2D eigenvalue weighted by Crippen LogP contribution is 2.14. The van der Waals surface area contributed by atoms with Crippen LogP contribution in [0.1, 0.15) is 12.5 Å². The fourth-order valence-corrected chi connectivity index (χ4v) is 1.15. The summed E-state index contributed by atoms with van der Waals surface area (Å²) < 4.78 is 0. The van der Waals surface area contributed by atoms with Gasteiger partial charge in [-0.3, -0.25) is 0 Å². The van der Waals surface area contributed by atoms with Crippen LogP contribution in [0, 0.1) is 5.92 Å². The second-order valence-corrected chi connectivity index (χ2v) is 3.16. The lowest BCUT2D eigenvalue weighted by Crippen LogP contribution is -2.04. The van der Waals surface area contributed by atoms with E-state index in [-0.39, 0.29) is 18.3 Å². The highest BCUT2D eigenvalue weighted by molar-refractivity contribution is 5.27. The van der Waals surface area contributed by atoms with Crippen molar-refractivity contribution in [3.8, 4) is 5.75 Å². The van der Waals surface area contributed by atoms with Crippen molar-refractivity contribution in [2.45, 2.75) is 13.3 Å². The highest BCUT2D eigenvalue weighted by Gasteiger charge is 2.01. The summed E-state index contributed by atoms with van der Waals surface area (Å²) in [6.07, 6.45) is 0.810. The minimum absolute atomic E-state index is 0.190. The third kappa shape index (κ3) is 2.55. The van der Waals surface area contributed by atoms with Crippen molar-refractivity contribution in [3.63, 3.8) is 0 Å². The van der Waals surface area contributed by atoms with Crippen LogP contribution in [-0.4, -0.2) is 16.8 Å². The number of phenolic OH excluding ortho intramolecular Hbond substituents is 1. The van der Waals surface area contributed by atoms with Crippen LogP contribution in [0.5, 0.6) is 5.75 Å². The maximum atomic E-state index is 9.14. The fourth-order valence-electron chi connectivity index (χ4n) is 1.15. The number of benzene rings is 1. The van der Waals surface area contributed by atoms with Crippen LogP contribution < -0.4 is 0 Å². The summed E-state index contributed by atoms with van der Waals surface area (Å²) in [6.45, 7) is 2.17. The van der Waals surface area contributed by atoms with Crippen LogP contribution in [0.25, 0.3) is 0 Å². The van der Waals surface area contributed by atoms with Gasteiger partial charge in [-0.15, -0.1) is 0 Å². The summed E-state index contributed by atoms with van der Waals surface area (Å²) in [4.78, 5) is 0. The minimum atomic E-state index is 0.190. The summed E-state index contributed by atoms with van der Waals surface area (Å²) in [6, 6.07) is 7.14. The average molecular weight is 166 g/mol. The second-order valence-electron chi connectivity index (χ2n) is 3.16. The fraction of sp³-hybridized carbons (Fsp3) is 0.400. The van der Waals surface area contributed by atoms with Crippen LogP contribution >= 0.6 is 0 Å². The second kappa shape index (κ2) is 4.12. The van der Waals surface area contributed by atoms with E-state index in [1.54, 1.807) is 12.1 Å². The smallest absolute Gasteiger partial charge is 0.115 e. The number of phenols is 1. The zero-order valence-electron chi connectivity index (χ0n) is 7.20. The molecule has 0 aliphatic carbocycles. The van der Waals surface area contributed by atoms with E-state index in [0.717, 1.165) is 12.0 Å². The molecular weight excluding hydrogens is 152 g/mol. The lowest BCUT2D eigenvalue weighted by Gasteiger charge is -2.07. The van der Waals surface area contributed by atoms with Crippen LogP contribution in [0.4, 0.5) is 0 Å². The molecule has 0 saturated carbocycles. The van der Waals surface area contributed by atoms with Gasteiger partial charge in [-0.1, -0.05) is 19.1 Å². The predicted octanol–water partition coefficient (Wildman–Crippen LogP) is 1.56. The summed E-state index contributed by atoms with van der Waals surface area (Å²) >= 11 is 0. The molecule has 1 unspecified atom stereocenters. The topological polar surface area (TPSA) is 40.5 Å². The van der Waals surface area contributed by atoms with E-state index in [1.807, 2.05) is 19.1 Å². The summed E-state index contributed by atoms with van der Waals surface area (Å²) in [5, 5.41) is 17.9. The SMILES string of the molecule is CC(CO)Cc1cccc(O)c1. The third-order valence-electron chi connectivity index (χ3n) is 1.81. The van der Waals surface area contributed by atoms with Crippen LogP contribution in [0.3, 0.4) is 0 Å². The molecule has 1 aromatic rings. The molecule has 2 heteroatoms. The average Bonchev–Trinajstić information content (AvgIpc) is 2.04. The van der Waals surface area contributed by atoms with E-state index in [2.05, 4.69) is 0 Å². The van der Waals surface area contributed by atoms with E-state index in [0.29, 0.717) is 0 Å². The monoisotopic (exact) mass is 166 g/mol. The van der Waals surface area contributed by atoms with Gasteiger partial charge in [-0.05, 0) is 30.0 Å². The Bertz CT molecular complexity index is 245. The number of aromatic hydroxyl groups is 1. The molecule has 0 saturated heterocycles. The quantitative estimate of drug-likeness (QED) is 0.715. The van der Waals surface area contributed by atoms with Gasteiger partial charge in [0.25, 0.3) is 0 Å². The van der Waals surface area contributed by atoms with Gasteiger partial charge in [0, 0.05) is 6.61 Å². The maximum Gasteiger partial charge on any atom is 0.115 e. The molecule has 66 valence electrons. The number of hydrogen-bond donors (Lipinski definition) is 2. The molecule has 0 amide bonds. The molecule has 2 nitrogen and oxygen atoms in total. The zero-order chi connectivity index (χ0) is 8.97. The zero-order valence-corrected chi connectivity index (χ0v) is 7.20. The Morgan fingerprint density at radius 2 is 2.17 bits per heavy atom. The van der Waals surface area contributed by atoms with Gasteiger partial charge in [0.1, 0.15) is 5.75 Å². The molecule has 1 rings (SSSR count). The lowest BCUT2D eigenvalue weighted by atomic mass is 10.0. The normalized spacial score (nSPS) is 12.8. The van der Waals surface area contributed by atoms with Crippen molar-refractivity contribution in [1.82, 2.24) is 0 Å². The van der Waals surface area contributed by atoms with E-state index in [4.69, 9.17) is 10.2 Å². The molecule has 0 fully saturated rings. The van der Waals surface area contributed by atoms with Crippen molar-refractivity contribution in [3.05, 3.63) is 29.8 Å². The first-order chi connectivity index (χ1) is 5.72. The Labute approximate surface area is 72.5 Å². The number of aliphatic hydroxyl groups excluding tert-OH is 1. The van der Waals surface area contributed by atoms with Crippen molar-refractivity contribution >= 4 is 0 Å². The number of aliphatic hydroxyl groups is 1. The van der Waals surface area contributed by atoms with Gasteiger partial charge >= 0.3 is 0 Å². The molecule has 1 atom stereocenters. The van der Waals surface area contributed by atoms with Crippen LogP contribution in [0.2, 0.25) is 0 Å². The Morgan fingerprint density at radius 1 is 1.42 bits per heavy atom. The molecule has 0 aromatic heterocycles. The Kier molecular flexibility index (Phi) is 3.11. The van der Waals surface area contributed by atoms with Gasteiger partial charge < -0.3 is 10.2 Å². The summed E-state index contributed by atoms with van der Waals surface area (Å²) in [5.41, 5.74) is 1.07. The van der Waals surface area contributed by atoms with Crippen molar-refractivity contribution in [1.29, 1.82) is 0 Å². The van der Waals surface area contributed by atoms with Gasteiger partial charge in [0.2, 0.25) is 0 Å². The molecule has 0 heterocycles. The van der Waals surface area contributed by atoms with Crippen molar-refractivity contribution in [2.24, 2.45) is 5.92 Å². The summed E-state index contributed by atoms with van der Waals surface area (Å²) in [7, 11) is 0. The van der Waals surface area contributed by atoms with Crippen molar-refractivity contribution < 1.29 is 10.2 Å². The predicted molar refractivity (Wildman–Crippen MR) is 48.1 cm³/mol. The van der Waals surface area contributed by atoms with Gasteiger partial charge in [0.15, 0.2) is 0 Å². The molecule has 0 radical (unpaired) electrons. The molecule has 0 spiro atoms. The van der Waals surface area contributed by atoms with E-state index >= 15 is 0 Å². The molecule has 0 aliphatic heterocycles. The van der Waals surface area contributed by atoms with Gasteiger partial charge in [-0.25, -0.2) is 0 Å². The summed E-state index contributed by atoms with van der Waals surface area (Å²) in [5.74, 6) is 0.546. The first kappa shape index (κ1) is 9.07. The van der Waals surface area contributed by atoms with Crippen molar-refractivity contribution in [2.75, 3.05) is 6.61 Å². The lowest BCUT2D eigenvalue weighted by molar-refractivity contribution is 0.237. The van der Waals surface area contributed by atoms with E-state index < -0.39 is 0 Å². The number of rotatable bonds is 3. The molecule has 12 heavy (non-hydrogen) atoms. The molecule has 1 aromatic carbocycles. The first-order valence-corrected chi connectivity index (χ1v) is 4.11. The first-order valence-electron chi connectivity index (χ1n) is 4.11. The molecule has 0 aliphatic rings. The maximum absolute atomic E-state index is 9.14. The highest BCUT2D eigenvalue weighted by atomic mass is 16.3. The Balaban J connectivity index is 2.63. The standard InChI is InChI=1S/C10H14O2/c1-8(7-11)5-9-3-2-4-10(12)6-9/h2-4,6,8,11-12H,5,7H2,1H3. The largest absolute Gasteiger partial charge is 0.508 e. The molecule has 2 N–H and O–H groups in total. The Hall–Kier alpha value is -1.02.